The molecule has 2 aromatic heterocycles. The first-order valence-electron chi connectivity index (χ1n) is 6.32. The average Bonchev–Trinajstić information content (AvgIpc) is 3.02. The van der Waals surface area contributed by atoms with Crippen molar-refractivity contribution in [3.8, 4) is 11.5 Å². The summed E-state index contributed by atoms with van der Waals surface area (Å²) in [7, 11) is 0. The summed E-state index contributed by atoms with van der Waals surface area (Å²) in [6.45, 7) is 6.10. The molecule has 1 amide bonds. The lowest BCUT2D eigenvalue weighted by atomic mass is 10.3. The van der Waals surface area contributed by atoms with Gasteiger partial charge in [0.15, 0.2) is 11.5 Å². The maximum absolute atomic E-state index is 11.8. The summed E-state index contributed by atoms with van der Waals surface area (Å²) in [5.74, 6) is 1.31. The highest BCUT2D eigenvalue weighted by atomic mass is 16.3. The van der Waals surface area contributed by atoms with Crippen LogP contribution in [0.5, 0.6) is 0 Å². The standard InChI is InChI=1S/C13H18N4O2/c1-3-14-6-7-15-13(18)11-8-10(16-17-11)12-5-4-9(2)19-12/h4-5,8,14H,3,6-7H2,1-2H3,(H,15,18)(H,16,17). The van der Waals surface area contributed by atoms with Crippen LogP contribution in [0.3, 0.4) is 0 Å². The predicted octanol–water partition coefficient (Wildman–Crippen LogP) is 1.32. The second kappa shape index (κ2) is 6.19. The van der Waals surface area contributed by atoms with Crippen LogP contribution in [0, 0.1) is 6.92 Å². The summed E-state index contributed by atoms with van der Waals surface area (Å²) in [6, 6.07) is 5.39. The molecule has 0 aromatic carbocycles. The molecule has 0 fully saturated rings. The number of amides is 1. The van der Waals surface area contributed by atoms with E-state index >= 15 is 0 Å². The number of nitrogens with zero attached hydrogens (tertiary/aromatic N) is 1. The Balaban J connectivity index is 1.95. The number of likely N-dealkylation sites (N-methyl/N-ethyl adjacent to an activating group) is 1. The van der Waals surface area contributed by atoms with Crippen molar-refractivity contribution in [1.29, 1.82) is 0 Å². The zero-order valence-electron chi connectivity index (χ0n) is 11.1. The Morgan fingerprint density at radius 3 is 2.95 bits per heavy atom. The Kier molecular flexibility index (Phi) is 4.35. The van der Waals surface area contributed by atoms with Crippen molar-refractivity contribution in [2.75, 3.05) is 19.6 Å². The third-order valence-corrected chi connectivity index (χ3v) is 2.65. The molecular formula is C13H18N4O2. The molecule has 2 aromatic rings. The van der Waals surface area contributed by atoms with Crippen molar-refractivity contribution >= 4 is 5.91 Å². The molecule has 0 saturated carbocycles. The normalized spacial score (nSPS) is 10.6. The van der Waals surface area contributed by atoms with Crippen LogP contribution in [0.15, 0.2) is 22.6 Å². The fraction of sp³-hybridized carbons (Fsp3) is 0.385. The molecule has 0 unspecified atom stereocenters. The lowest BCUT2D eigenvalue weighted by Gasteiger charge is -2.02. The van der Waals surface area contributed by atoms with Gasteiger partial charge >= 0.3 is 0 Å². The summed E-state index contributed by atoms with van der Waals surface area (Å²) in [4.78, 5) is 11.8. The summed E-state index contributed by atoms with van der Waals surface area (Å²) < 4.78 is 5.46. The molecule has 0 aliphatic carbocycles. The third kappa shape index (κ3) is 3.45. The highest BCUT2D eigenvalue weighted by Crippen LogP contribution is 2.20. The van der Waals surface area contributed by atoms with E-state index in [-0.39, 0.29) is 5.91 Å². The molecule has 19 heavy (non-hydrogen) atoms. The molecule has 0 saturated heterocycles. The van der Waals surface area contributed by atoms with Crippen LogP contribution >= 0.6 is 0 Å². The monoisotopic (exact) mass is 262 g/mol. The lowest BCUT2D eigenvalue weighted by Crippen LogP contribution is -2.31. The summed E-state index contributed by atoms with van der Waals surface area (Å²) in [6.07, 6.45) is 0. The van der Waals surface area contributed by atoms with Gasteiger partial charge < -0.3 is 15.1 Å². The van der Waals surface area contributed by atoms with Gasteiger partial charge in [-0.3, -0.25) is 9.89 Å². The number of carbonyl (C=O) groups is 1. The summed E-state index contributed by atoms with van der Waals surface area (Å²) >= 11 is 0. The van der Waals surface area contributed by atoms with E-state index < -0.39 is 0 Å². The van der Waals surface area contributed by atoms with Crippen molar-refractivity contribution < 1.29 is 9.21 Å². The molecular weight excluding hydrogens is 244 g/mol. The van der Waals surface area contributed by atoms with Gasteiger partial charge in [-0.1, -0.05) is 6.92 Å². The Labute approximate surface area is 111 Å². The first kappa shape index (κ1) is 13.4. The van der Waals surface area contributed by atoms with Crippen LogP contribution in [0.2, 0.25) is 0 Å². The maximum atomic E-state index is 11.8. The molecule has 2 heterocycles. The molecule has 6 nitrogen and oxygen atoms in total. The van der Waals surface area contributed by atoms with E-state index in [1.165, 1.54) is 0 Å². The van der Waals surface area contributed by atoms with Gasteiger partial charge in [-0.25, -0.2) is 0 Å². The van der Waals surface area contributed by atoms with Gasteiger partial charge in [0.1, 0.15) is 11.5 Å². The highest BCUT2D eigenvalue weighted by Gasteiger charge is 2.12. The van der Waals surface area contributed by atoms with Gasteiger partial charge in [0.05, 0.1) is 0 Å². The second-order valence-electron chi connectivity index (χ2n) is 4.19. The highest BCUT2D eigenvalue weighted by molar-refractivity contribution is 5.93. The van der Waals surface area contributed by atoms with Crippen LogP contribution in [-0.4, -0.2) is 35.7 Å². The van der Waals surface area contributed by atoms with E-state index in [0.29, 0.717) is 23.7 Å². The van der Waals surface area contributed by atoms with Crippen LogP contribution in [0.25, 0.3) is 11.5 Å². The van der Waals surface area contributed by atoms with Crippen LogP contribution in [-0.2, 0) is 0 Å². The first-order chi connectivity index (χ1) is 9.20. The van der Waals surface area contributed by atoms with Gasteiger partial charge in [-0.2, -0.15) is 5.10 Å². The quantitative estimate of drug-likeness (QED) is 0.686. The summed E-state index contributed by atoms with van der Waals surface area (Å²) in [5, 5.41) is 12.7. The van der Waals surface area contributed by atoms with Crippen molar-refractivity contribution in [3.63, 3.8) is 0 Å². The zero-order chi connectivity index (χ0) is 13.7. The number of H-pyrrole nitrogens is 1. The minimum atomic E-state index is -0.191. The fourth-order valence-electron chi connectivity index (χ4n) is 1.68. The molecule has 102 valence electrons. The van der Waals surface area contributed by atoms with Crippen molar-refractivity contribution in [3.05, 3.63) is 29.7 Å². The number of carbonyl (C=O) groups excluding carboxylic acids is 1. The van der Waals surface area contributed by atoms with Crippen molar-refractivity contribution in [2.24, 2.45) is 0 Å². The molecule has 0 aliphatic heterocycles. The molecule has 3 N–H and O–H groups in total. The number of aromatic nitrogens is 2. The molecule has 6 heteroatoms. The first-order valence-corrected chi connectivity index (χ1v) is 6.32. The Morgan fingerprint density at radius 1 is 1.42 bits per heavy atom. The fourth-order valence-corrected chi connectivity index (χ4v) is 1.68. The van der Waals surface area contributed by atoms with Crippen LogP contribution in [0.4, 0.5) is 0 Å². The van der Waals surface area contributed by atoms with E-state index in [1.54, 1.807) is 6.07 Å². The number of aromatic amines is 1. The van der Waals surface area contributed by atoms with Gasteiger partial charge in [0, 0.05) is 19.2 Å². The number of nitrogens with one attached hydrogen (secondary N) is 3. The Hall–Kier alpha value is -2.08. The SMILES string of the molecule is CCNCCNC(=O)c1cc(-c2ccc(C)o2)[nH]n1. The van der Waals surface area contributed by atoms with Gasteiger partial charge in [0.2, 0.25) is 0 Å². The van der Waals surface area contributed by atoms with Gasteiger partial charge in [-0.05, 0) is 25.6 Å². The van der Waals surface area contributed by atoms with Gasteiger partial charge in [-0.15, -0.1) is 0 Å². The molecule has 2 rings (SSSR count). The largest absolute Gasteiger partial charge is 0.460 e. The molecule has 0 aliphatic rings. The number of aryl methyl sites for hydroxylation is 1. The average molecular weight is 262 g/mol. The smallest absolute Gasteiger partial charge is 0.271 e. The van der Waals surface area contributed by atoms with Crippen molar-refractivity contribution in [1.82, 2.24) is 20.8 Å². The van der Waals surface area contributed by atoms with Crippen LogP contribution < -0.4 is 10.6 Å². The zero-order valence-corrected chi connectivity index (χ0v) is 11.1. The van der Waals surface area contributed by atoms with E-state index in [9.17, 15) is 4.79 Å². The molecule has 0 bridgehead atoms. The minimum absolute atomic E-state index is 0.191. The van der Waals surface area contributed by atoms with Crippen molar-refractivity contribution in [2.45, 2.75) is 13.8 Å². The lowest BCUT2D eigenvalue weighted by molar-refractivity contribution is 0.0949. The maximum Gasteiger partial charge on any atom is 0.271 e. The third-order valence-electron chi connectivity index (χ3n) is 2.65. The van der Waals surface area contributed by atoms with Gasteiger partial charge in [0.25, 0.3) is 5.91 Å². The summed E-state index contributed by atoms with van der Waals surface area (Å²) in [5.41, 5.74) is 1.06. The molecule has 0 radical (unpaired) electrons. The number of hydrogen-bond donors (Lipinski definition) is 3. The number of rotatable bonds is 6. The second-order valence-corrected chi connectivity index (χ2v) is 4.19. The molecule has 0 spiro atoms. The topological polar surface area (TPSA) is 83.0 Å². The number of furan rings is 1. The van der Waals surface area contributed by atoms with E-state index in [1.807, 2.05) is 26.0 Å². The number of hydrogen-bond acceptors (Lipinski definition) is 4. The van der Waals surface area contributed by atoms with Crippen LogP contribution in [0.1, 0.15) is 23.2 Å². The van der Waals surface area contributed by atoms with E-state index in [2.05, 4.69) is 20.8 Å². The Bertz CT molecular complexity index is 544. The minimum Gasteiger partial charge on any atom is -0.460 e. The van der Waals surface area contributed by atoms with E-state index in [4.69, 9.17) is 4.42 Å². The predicted molar refractivity (Wildman–Crippen MR) is 71.9 cm³/mol. The van der Waals surface area contributed by atoms with E-state index in [0.717, 1.165) is 18.8 Å². The molecule has 0 atom stereocenters. The Morgan fingerprint density at radius 2 is 2.26 bits per heavy atom.